The zero-order valence-corrected chi connectivity index (χ0v) is 12.5. The van der Waals surface area contributed by atoms with Gasteiger partial charge in [-0.1, -0.05) is 0 Å². The molecule has 0 saturated heterocycles. The van der Waals surface area contributed by atoms with Crippen molar-refractivity contribution in [2.45, 2.75) is 19.9 Å². The molecule has 0 unspecified atom stereocenters. The number of methoxy groups -OCH3 is 1. The van der Waals surface area contributed by atoms with Crippen molar-refractivity contribution in [3.63, 3.8) is 0 Å². The van der Waals surface area contributed by atoms with Crippen LogP contribution in [0.4, 0.5) is 4.39 Å². The SMILES string of the molecule is COC(=O)C(C)(C)[C@H](N)c1c(F)ccc(C(=O)O)c1O.Cl. The van der Waals surface area contributed by atoms with Crippen molar-refractivity contribution in [2.24, 2.45) is 11.1 Å². The average molecular weight is 322 g/mol. The molecule has 118 valence electrons. The number of aromatic hydroxyl groups is 1. The lowest BCUT2D eigenvalue weighted by Gasteiger charge is -2.29. The van der Waals surface area contributed by atoms with E-state index < -0.39 is 46.1 Å². The number of halogens is 2. The summed E-state index contributed by atoms with van der Waals surface area (Å²) in [5, 5.41) is 18.8. The third-order valence-corrected chi connectivity index (χ3v) is 3.19. The predicted molar refractivity (Wildman–Crippen MR) is 75.0 cm³/mol. The van der Waals surface area contributed by atoms with Crippen LogP contribution in [0.1, 0.15) is 35.8 Å². The lowest BCUT2D eigenvalue weighted by Crippen LogP contribution is -2.38. The maximum atomic E-state index is 13.9. The minimum Gasteiger partial charge on any atom is -0.507 e. The van der Waals surface area contributed by atoms with Crippen LogP contribution in [0.5, 0.6) is 5.75 Å². The zero-order valence-electron chi connectivity index (χ0n) is 11.7. The number of hydrogen-bond acceptors (Lipinski definition) is 5. The Morgan fingerprint density at radius 2 is 1.90 bits per heavy atom. The Bertz CT molecular complexity index is 562. The van der Waals surface area contributed by atoms with Crippen molar-refractivity contribution >= 4 is 24.3 Å². The molecule has 21 heavy (non-hydrogen) atoms. The first-order valence-electron chi connectivity index (χ1n) is 5.73. The molecule has 8 heteroatoms. The van der Waals surface area contributed by atoms with Gasteiger partial charge in [0.1, 0.15) is 17.1 Å². The molecule has 1 aromatic carbocycles. The van der Waals surface area contributed by atoms with Gasteiger partial charge in [-0.05, 0) is 26.0 Å². The number of carbonyl (C=O) groups is 2. The van der Waals surface area contributed by atoms with E-state index in [-0.39, 0.29) is 12.4 Å². The Hall–Kier alpha value is -1.86. The van der Waals surface area contributed by atoms with E-state index in [0.29, 0.717) is 0 Å². The van der Waals surface area contributed by atoms with E-state index >= 15 is 0 Å². The number of ether oxygens (including phenoxy) is 1. The Morgan fingerprint density at radius 3 is 2.33 bits per heavy atom. The first kappa shape index (κ1) is 19.1. The summed E-state index contributed by atoms with van der Waals surface area (Å²) in [6.45, 7) is 2.83. The fraction of sp³-hybridized carbons (Fsp3) is 0.385. The number of carbonyl (C=O) groups excluding carboxylic acids is 1. The van der Waals surface area contributed by atoms with Crippen molar-refractivity contribution in [1.29, 1.82) is 0 Å². The summed E-state index contributed by atoms with van der Waals surface area (Å²) < 4.78 is 18.4. The molecule has 0 heterocycles. The van der Waals surface area contributed by atoms with Gasteiger partial charge in [0.2, 0.25) is 0 Å². The topological polar surface area (TPSA) is 110 Å². The van der Waals surface area contributed by atoms with Crippen molar-refractivity contribution < 1.29 is 28.9 Å². The van der Waals surface area contributed by atoms with Crippen LogP contribution in [0.2, 0.25) is 0 Å². The second-order valence-corrected chi connectivity index (χ2v) is 4.85. The van der Waals surface area contributed by atoms with Gasteiger partial charge in [-0.2, -0.15) is 0 Å². The van der Waals surface area contributed by atoms with Gasteiger partial charge in [-0.15, -0.1) is 12.4 Å². The Morgan fingerprint density at radius 1 is 1.38 bits per heavy atom. The minimum absolute atomic E-state index is 0. The molecule has 1 aromatic rings. The largest absolute Gasteiger partial charge is 0.507 e. The lowest BCUT2D eigenvalue weighted by molar-refractivity contribution is -0.152. The van der Waals surface area contributed by atoms with Gasteiger partial charge in [0.15, 0.2) is 0 Å². The van der Waals surface area contributed by atoms with E-state index in [1.165, 1.54) is 13.8 Å². The fourth-order valence-electron chi connectivity index (χ4n) is 1.80. The van der Waals surface area contributed by atoms with Crippen molar-refractivity contribution in [2.75, 3.05) is 7.11 Å². The maximum absolute atomic E-state index is 13.9. The smallest absolute Gasteiger partial charge is 0.339 e. The molecule has 0 amide bonds. The van der Waals surface area contributed by atoms with Gasteiger partial charge in [-0.3, -0.25) is 4.79 Å². The number of nitrogens with two attached hydrogens (primary N) is 1. The molecule has 0 spiro atoms. The molecule has 0 aliphatic carbocycles. The van der Waals surface area contributed by atoms with Crippen molar-refractivity contribution in [1.82, 2.24) is 0 Å². The highest BCUT2D eigenvalue weighted by atomic mass is 35.5. The van der Waals surface area contributed by atoms with Gasteiger partial charge in [0.25, 0.3) is 0 Å². The molecule has 0 saturated carbocycles. The normalized spacial score (nSPS) is 12.2. The number of benzene rings is 1. The molecule has 0 aliphatic heterocycles. The van der Waals surface area contributed by atoms with Gasteiger partial charge < -0.3 is 20.7 Å². The molecule has 1 atom stereocenters. The maximum Gasteiger partial charge on any atom is 0.339 e. The van der Waals surface area contributed by atoms with Crippen LogP contribution in [-0.2, 0) is 9.53 Å². The molecule has 4 N–H and O–H groups in total. The molecule has 1 rings (SSSR count). The van der Waals surface area contributed by atoms with Crippen LogP contribution in [0.15, 0.2) is 12.1 Å². The summed E-state index contributed by atoms with van der Waals surface area (Å²) in [6.07, 6.45) is 0. The number of phenols is 1. The second kappa shape index (κ2) is 6.73. The van der Waals surface area contributed by atoms with Crippen LogP contribution in [-0.4, -0.2) is 29.3 Å². The first-order chi connectivity index (χ1) is 9.14. The molecule has 0 aliphatic rings. The van der Waals surface area contributed by atoms with Gasteiger partial charge in [0.05, 0.1) is 18.6 Å². The summed E-state index contributed by atoms with van der Waals surface area (Å²) in [4.78, 5) is 22.6. The highest BCUT2D eigenvalue weighted by Gasteiger charge is 2.40. The van der Waals surface area contributed by atoms with E-state index in [2.05, 4.69) is 4.74 Å². The quantitative estimate of drug-likeness (QED) is 0.730. The third-order valence-electron chi connectivity index (χ3n) is 3.19. The molecule has 0 fully saturated rings. The molecular weight excluding hydrogens is 305 g/mol. The van der Waals surface area contributed by atoms with Crippen LogP contribution in [0.25, 0.3) is 0 Å². The Kier molecular flexibility index (Phi) is 6.13. The van der Waals surface area contributed by atoms with Gasteiger partial charge >= 0.3 is 11.9 Å². The number of esters is 1. The average Bonchev–Trinajstić information content (AvgIpc) is 2.36. The molecular formula is C13H17ClFNO5. The van der Waals surface area contributed by atoms with Crippen LogP contribution < -0.4 is 5.73 Å². The van der Waals surface area contributed by atoms with E-state index in [1.54, 1.807) is 0 Å². The van der Waals surface area contributed by atoms with Crippen molar-refractivity contribution in [3.8, 4) is 5.75 Å². The Balaban J connectivity index is 0.00000400. The molecule has 6 nitrogen and oxygen atoms in total. The summed E-state index contributed by atoms with van der Waals surface area (Å²) >= 11 is 0. The lowest BCUT2D eigenvalue weighted by atomic mass is 9.80. The van der Waals surface area contributed by atoms with Crippen LogP contribution in [0.3, 0.4) is 0 Å². The van der Waals surface area contributed by atoms with Crippen LogP contribution >= 0.6 is 12.4 Å². The van der Waals surface area contributed by atoms with E-state index in [9.17, 15) is 19.1 Å². The first-order valence-corrected chi connectivity index (χ1v) is 5.73. The fourth-order valence-corrected chi connectivity index (χ4v) is 1.80. The number of hydrogen-bond donors (Lipinski definition) is 3. The standard InChI is InChI=1S/C13H16FNO5.ClH/c1-13(2,12(19)20-3)10(15)8-7(14)5-4-6(9(8)16)11(17)18;/h4-5,10,16H,15H2,1-3H3,(H,17,18);1H/t10-;/m1./s1. The third kappa shape index (κ3) is 3.43. The van der Waals surface area contributed by atoms with E-state index in [4.69, 9.17) is 10.8 Å². The van der Waals surface area contributed by atoms with Gasteiger partial charge in [0, 0.05) is 5.56 Å². The highest BCUT2D eigenvalue weighted by molar-refractivity contribution is 5.91. The molecule has 0 aromatic heterocycles. The number of carboxylic acids is 1. The Labute approximate surface area is 127 Å². The second-order valence-electron chi connectivity index (χ2n) is 4.85. The predicted octanol–water partition coefficient (Wildman–Crippen LogP) is 1.85. The molecule has 0 radical (unpaired) electrons. The summed E-state index contributed by atoms with van der Waals surface area (Å²) in [7, 11) is 1.15. The summed E-state index contributed by atoms with van der Waals surface area (Å²) in [5.41, 5.74) is 3.56. The minimum atomic E-state index is -1.42. The number of rotatable bonds is 4. The number of aromatic carboxylic acids is 1. The zero-order chi connectivity index (χ0) is 15.7. The summed E-state index contributed by atoms with van der Waals surface area (Å²) in [6, 6.07) is 0.536. The highest BCUT2D eigenvalue weighted by Crippen LogP contribution is 2.39. The van der Waals surface area contributed by atoms with E-state index in [1.807, 2.05) is 0 Å². The van der Waals surface area contributed by atoms with Crippen molar-refractivity contribution in [3.05, 3.63) is 29.1 Å². The molecule has 0 bridgehead atoms. The monoisotopic (exact) mass is 321 g/mol. The van der Waals surface area contributed by atoms with Gasteiger partial charge in [-0.25, -0.2) is 9.18 Å². The number of carboxylic acid groups (broad SMARTS) is 1. The summed E-state index contributed by atoms with van der Waals surface area (Å²) in [5.74, 6) is -3.81. The van der Waals surface area contributed by atoms with Crippen LogP contribution in [0, 0.1) is 11.2 Å². The van der Waals surface area contributed by atoms with E-state index in [0.717, 1.165) is 19.2 Å².